The van der Waals surface area contributed by atoms with E-state index in [0.29, 0.717) is 0 Å². The summed E-state index contributed by atoms with van der Waals surface area (Å²) in [5.74, 6) is 1.94. The summed E-state index contributed by atoms with van der Waals surface area (Å²) in [7, 11) is 0. The summed E-state index contributed by atoms with van der Waals surface area (Å²) in [5.41, 5.74) is 5.11. The second-order valence-electron chi connectivity index (χ2n) is 2.12. The second-order valence-corrected chi connectivity index (χ2v) is 3.18. The van der Waals surface area contributed by atoms with E-state index in [2.05, 4.69) is 0 Å². The highest BCUT2D eigenvalue weighted by atomic mass is 32.2. The van der Waals surface area contributed by atoms with Crippen molar-refractivity contribution in [1.82, 2.24) is 0 Å². The van der Waals surface area contributed by atoms with Crippen LogP contribution < -0.4 is 5.73 Å². The van der Waals surface area contributed by atoms with E-state index >= 15 is 0 Å². The molecule has 3 N–H and O–H groups in total. The maximum Gasteiger partial charge on any atom is 0.151 e. The summed E-state index contributed by atoms with van der Waals surface area (Å²) >= 11 is 1.46. The molecule has 0 bridgehead atoms. The van der Waals surface area contributed by atoms with Crippen molar-refractivity contribution in [3.05, 3.63) is 0 Å². The maximum atomic E-state index is 6.86. The highest BCUT2D eigenvalue weighted by Crippen LogP contribution is 2.31. The average Bonchev–Trinajstić information content (AvgIpc) is 2.41. The van der Waals surface area contributed by atoms with Gasteiger partial charge >= 0.3 is 0 Å². The number of rotatable bonds is 2. The first-order valence-electron chi connectivity index (χ1n) is 2.76. The van der Waals surface area contributed by atoms with Crippen LogP contribution >= 0.6 is 11.8 Å². The van der Waals surface area contributed by atoms with Gasteiger partial charge in [0.1, 0.15) is 0 Å². The summed E-state index contributed by atoms with van der Waals surface area (Å²) in [6.07, 6.45) is 2.70. The van der Waals surface area contributed by atoms with Gasteiger partial charge in [-0.3, -0.25) is 5.41 Å². The lowest BCUT2D eigenvalue weighted by molar-refractivity contribution is 1.00. The number of hydrogen-bond acceptors (Lipinski definition) is 2. The Balaban J connectivity index is 1.95. The van der Waals surface area contributed by atoms with Crippen LogP contribution in [0.1, 0.15) is 12.8 Å². The van der Waals surface area contributed by atoms with Crippen molar-refractivity contribution in [2.24, 2.45) is 11.7 Å². The van der Waals surface area contributed by atoms with E-state index in [1.807, 2.05) is 0 Å². The summed E-state index contributed by atoms with van der Waals surface area (Å²) < 4.78 is 0. The lowest BCUT2D eigenvalue weighted by atomic mass is 10.5. The molecule has 0 spiro atoms. The van der Waals surface area contributed by atoms with Crippen molar-refractivity contribution in [2.75, 3.05) is 5.75 Å². The molecule has 1 rings (SSSR count). The molecule has 0 atom stereocenters. The van der Waals surface area contributed by atoms with E-state index < -0.39 is 0 Å². The maximum absolute atomic E-state index is 6.86. The fourth-order valence-corrected chi connectivity index (χ4v) is 1.24. The molecule has 0 radical (unpaired) electrons. The quantitative estimate of drug-likeness (QED) is 0.433. The molecule has 0 aromatic rings. The van der Waals surface area contributed by atoms with E-state index in [9.17, 15) is 0 Å². The number of hydrogen-bond donors (Lipinski definition) is 2. The zero-order valence-corrected chi connectivity index (χ0v) is 5.50. The second kappa shape index (κ2) is 2.40. The molecule has 8 heavy (non-hydrogen) atoms. The van der Waals surface area contributed by atoms with Gasteiger partial charge in [0.15, 0.2) is 5.17 Å². The van der Waals surface area contributed by atoms with Gasteiger partial charge in [-0.25, -0.2) is 0 Å². The summed E-state index contributed by atoms with van der Waals surface area (Å²) in [4.78, 5) is 0. The van der Waals surface area contributed by atoms with Crippen LogP contribution in [0.3, 0.4) is 0 Å². The van der Waals surface area contributed by atoms with Crippen LogP contribution in [0.25, 0.3) is 0 Å². The Labute approximate surface area is 53.3 Å². The van der Waals surface area contributed by atoms with Gasteiger partial charge in [0.25, 0.3) is 0 Å². The Hall–Kier alpha value is -0.180. The molecule has 1 fully saturated rings. The van der Waals surface area contributed by atoms with Crippen LogP contribution in [0.2, 0.25) is 0 Å². The third-order valence-corrected chi connectivity index (χ3v) is 2.12. The molecule has 1 aliphatic rings. The molecular weight excluding hydrogens is 120 g/mol. The number of nitrogens with two attached hydrogens (primary N) is 1. The third kappa shape index (κ3) is 2.21. The Morgan fingerprint density at radius 2 is 2.38 bits per heavy atom. The Morgan fingerprint density at radius 1 is 1.75 bits per heavy atom. The van der Waals surface area contributed by atoms with Crippen LogP contribution in [0, 0.1) is 11.3 Å². The molecule has 0 heterocycles. The van der Waals surface area contributed by atoms with Crippen molar-refractivity contribution >= 4 is 16.9 Å². The third-order valence-electron chi connectivity index (χ3n) is 1.17. The van der Waals surface area contributed by atoms with E-state index in [1.165, 1.54) is 24.6 Å². The molecule has 0 aromatic heterocycles. The van der Waals surface area contributed by atoms with Crippen molar-refractivity contribution in [3.63, 3.8) is 0 Å². The highest BCUT2D eigenvalue weighted by molar-refractivity contribution is 8.13. The van der Waals surface area contributed by atoms with Gasteiger partial charge in [-0.05, 0) is 18.8 Å². The van der Waals surface area contributed by atoms with Crippen LogP contribution in [-0.2, 0) is 0 Å². The first kappa shape index (κ1) is 5.95. The number of nitrogens with one attached hydrogen (secondary N) is 1. The van der Waals surface area contributed by atoms with Gasteiger partial charge in [-0.1, -0.05) is 11.8 Å². The SMILES string of the molecule is N=C(N)SCC1CC1. The van der Waals surface area contributed by atoms with Gasteiger partial charge in [-0.2, -0.15) is 0 Å². The van der Waals surface area contributed by atoms with Gasteiger partial charge in [-0.15, -0.1) is 0 Å². The molecular formula is C5H10N2S. The Kier molecular flexibility index (Phi) is 1.78. The molecule has 1 saturated carbocycles. The molecule has 3 heteroatoms. The largest absolute Gasteiger partial charge is 0.379 e. The molecule has 0 amide bonds. The molecule has 0 aliphatic heterocycles. The monoisotopic (exact) mass is 130 g/mol. The van der Waals surface area contributed by atoms with E-state index in [-0.39, 0.29) is 5.17 Å². The topological polar surface area (TPSA) is 49.9 Å². The normalized spacial score (nSPS) is 18.5. The van der Waals surface area contributed by atoms with Crippen molar-refractivity contribution in [3.8, 4) is 0 Å². The fourth-order valence-electron chi connectivity index (χ4n) is 0.492. The van der Waals surface area contributed by atoms with E-state index in [4.69, 9.17) is 11.1 Å². The van der Waals surface area contributed by atoms with Gasteiger partial charge in [0.05, 0.1) is 0 Å². The lowest BCUT2D eigenvalue weighted by Crippen LogP contribution is -2.04. The number of amidine groups is 1. The Morgan fingerprint density at radius 3 is 2.75 bits per heavy atom. The first-order valence-corrected chi connectivity index (χ1v) is 3.74. The predicted molar refractivity (Wildman–Crippen MR) is 37.1 cm³/mol. The zero-order valence-electron chi connectivity index (χ0n) is 4.68. The molecule has 0 unspecified atom stereocenters. The molecule has 0 aromatic carbocycles. The molecule has 46 valence electrons. The minimum absolute atomic E-state index is 0.261. The zero-order chi connectivity index (χ0) is 5.98. The lowest BCUT2D eigenvalue weighted by Gasteiger charge is -1.92. The van der Waals surface area contributed by atoms with Gasteiger partial charge in [0, 0.05) is 5.75 Å². The average molecular weight is 130 g/mol. The van der Waals surface area contributed by atoms with Crippen molar-refractivity contribution < 1.29 is 0 Å². The number of thioether (sulfide) groups is 1. The van der Waals surface area contributed by atoms with Crippen molar-refractivity contribution in [1.29, 1.82) is 5.41 Å². The summed E-state index contributed by atoms with van der Waals surface area (Å²) in [6.45, 7) is 0. The van der Waals surface area contributed by atoms with Crippen LogP contribution in [0.4, 0.5) is 0 Å². The fraction of sp³-hybridized carbons (Fsp3) is 0.800. The van der Waals surface area contributed by atoms with Gasteiger partial charge in [0.2, 0.25) is 0 Å². The minimum Gasteiger partial charge on any atom is -0.379 e. The van der Waals surface area contributed by atoms with E-state index in [1.54, 1.807) is 0 Å². The molecule has 2 nitrogen and oxygen atoms in total. The minimum atomic E-state index is 0.261. The van der Waals surface area contributed by atoms with Crippen molar-refractivity contribution in [2.45, 2.75) is 12.8 Å². The van der Waals surface area contributed by atoms with Crippen LogP contribution in [0.5, 0.6) is 0 Å². The smallest absolute Gasteiger partial charge is 0.151 e. The molecule has 1 aliphatic carbocycles. The molecule has 0 saturated heterocycles. The van der Waals surface area contributed by atoms with Crippen LogP contribution in [0.15, 0.2) is 0 Å². The van der Waals surface area contributed by atoms with E-state index in [0.717, 1.165) is 11.7 Å². The highest BCUT2D eigenvalue weighted by Gasteiger charge is 2.20. The standard InChI is InChI=1S/C5H10N2S/c6-5(7)8-3-4-1-2-4/h4H,1-3H2,(H3,6,7). The van der Waals surface area contributed by atoms with Crippen LogP contribution in [-0.4, -0.2) is 10.9 Å². The summed E-state index contributed by atoms with van der Waals surface area (Å²) in [6, 6.07) is 0. The van der Waals surface area contributed by atoms with Gasteiger partial charge < -0.3 is 5.73 Å². The summed E-state index contributed by atoms with van der Waals surface area (Å²) in [5, 5.41) is 7.12. The first-order chi connectivity index (χ1) is 3.79. The predicted octanol–water partition coefficient (Wildman–Crippen LogP) is 1.02. The Bertz CT molecular complexity index is 98.6.